The fourth-order valence-electron chi connectivity index (χ4n) is 1.27. The quantitative estimate of drug-likeness (QED) is 0.873. The third-order valence-corrected chi connectivity index (χ3v) is 2.38. The Morgan fingerprint density at radius 1 is 1.17 bits per heavy atom. The Labute approximate surface area is 131 Å². The minimum Gasteiger partial charge on any atom is -0.478 e. The van der Waals surface area contributed by atoms with Gasteiger partial charge < -0.3 is 9.84 Å². The van der Waals surface area contributed by atoms with E-state index in [2.05, 4.69) is 4.98 Å². The van der Waals surface area contributed by atoms with Crippen LogP contribution in [0.15, 0.2) is 42.7 Å². The summed E-state index contributed by atoms with van der Waals surface area (Å²) in [5.41, 5.74) is 0.0122. The molecule has 0 aliphatic rings. The maximum absolute atomic E-state index is 10.9. The van der Waals surface area contributed by atoms with E-state index in [1.54, 1.807) is 30.6 Å². The summed E-state index contributed by atoms with van der Waals surface area (Å²) in [4.78, 5) is 14.7. The van der Waals surface area contributed by atoms with E-state index in [9.17, 15) is 4.79 Å². The summed E-state index contributed by atoms with van der Waals surface area (Å²) >= 11 is 5.75. The minimum atomic E-state index is -1.09. The van der Waals surface area contributed by atoms with Gasteiger partial charge in [-0.1, -0.05) is 11.6 Å². The average Bonchev–Trinajstić information content (AvgIpc) is 2.32. The molecule has 4 nitrogen and oxygen atoms in total. The molecule has 0 atom stereocenters. The molecule has 0 saturated carbocycles. The molecule has 1 radical (unpaired) electrons. The standard InChI is InChI=1S/C12H8ClNO3.Na/c13-11-2-1-9(7-10(11)12(15)16)17-8-3-5-14-6-4-8;/h1-7H,(H,15,16);. The molecule has 0 spiro atoms. The van der Waals surface area contributed by atoms with Crippen LogP contribution in [0.3, 0.4) is 0 Å². The Hall–Kier alpha value is -1.07. The summed E-state index contributed by atoms with van der Waals surface area (Å²) in [5, 5.41) is 9.09. The number of carboxylic acid groups (broad SMARTS) is 1. The Balaban J connectivity index is 0.00000162. The zero-order valence-corrected chi connectivity index (χ0v) is 12.4. The molecule has 1 aromatic carbocycles. The number of nitrogens with zero attached hydrogens (tertiary/aromatic N) is 1. The molecule has 87 valence electrons. The van der Waals surface area contributed by atoms with E-state index < -0.39 is 5.97 Å². The van der Waals surface area contributed by atoms with Crippen molar-refractivity contribution in [2.24, 2.45) is 0 Å². The Morgan fingerprint density at radius 3 is 2.44 bits per heavy atom. The zero-order valence-electron chi connectivity index (χ0n) is 9.63. The van der Waals surface area contributed by atoms with Gasteiger partial charge in [-0.05, 0) is 30.3 Å². The number of benzene rings is 1. The number of ether oxygens (including phenoxy) is 1. The van der Waals surface area contributed by atoms with Crippen LogP contribution in [0, 0.1) is 0 Å². The van der Waals surface area contributed by atoms with Gasteiger partial charge in [0.05, 0.1) is 10.6 Å². The summed E-state index contributed by atoms with van der Waals surface area (Å²) in [7, 11) is 0. The first-order valence-corrected chi connectivity index (χ1v) is 5.15. The van der Waals surface area contributed by atoms with Crippen LogP contribution >= 0.6 is 11.6 Å². The molecule has 0 unspecified atom stereocenters. The van der Waals surface area contributed by atoms with Gasteiger partial charge in [-0.25, -0.2) is 4.79 Å². The van der Waals surface area contributed by atoms with Crippen molar-refractivity contribution in [1.82, 2.24) is 4.98 Å². The van der Waals surface area contributed by atoms with Crippen LogP contribution in [0.2, 0.25) is 5.02 Å². The number of halogens is 1. The number of rotatable bonds is 3. The van der Waals surface area contributed by atoms with Crippen LogP contribution in [-0.2, 0) is 0 Å². The predicted octanol–water partition coefficient (Wildman–Crippen LogP) is 2.84. The molecule has 1 N–H and O–H groups in total. The average molecular weight is 273 g/mol. The monoisotopic (exact) mass is 272 g/mol. The van der Waals surface area contributed by atoms with Crippen molar-refractivity contribution in [1.29, 1.82) is 0 Å². The van der Waals surface area contributed by atoms with Gasteiger partial charge in [-0.15, -0.1) is 0 Å². The third-order valence-electron chi connectivity index (χ3n) is 2.05. The van der Waals surface area contributed by atoms with Gasteiger partial charge in [0, 0.05) is 42.0 Å². The summed E-state index contributed by atoms with van der Waals surface area (Å²) in [6.45, 7) is 0. The fourth-order valence-corrected chi connectivity index (χ4v) is 1.47. The number of hydrogen-bond donors (Lipinski definition) is 1. The molecule has 18 heavy (non-hydrogen) atoms. The molecular weight excluding hydrogens is 265 g/mol. The van der Waals surface area contributed by atoms with Crippen molar-refractivity contribution in [3.63, 3.8) is 0 Å². The Bertz CT molecular complexity index is 548. The van der Waals surface area contributed by atoms with Gasteiger partial charge in [0.25, 0.3) is 0 Å². The van der Waals surface area contributed by atoms with Crippen molar-refractivity contribution in [2.45, 2.75) is 0 Å². The molecule has 2 rings (SSSR count). The normalized spacial score (nSPS) is 9.39. The SMILES string of the molecule is O=C(O)c1cc(Oc2ccncc2)ccc1Cl.[Na]. The maximum atomic E-state index is 10.9. The summed E-state index contributed by atoms with van der Waals surface area (Å²) < 4.78 is 5.46. The fraction of sp³-hybridized carbons (Fsp3) is 0. The van der Waals surface area contributed by atoms with Gasteiger partial charge in [-0.3, -0.25) is 4.98 Å². The van der Waals surface area contributed by atoms with Crippen LogP contribution in [0.1, 0.15) is 10.4 Å². The molecule has 0 amide bonds. The van der Waals surface area contributed by atoms with E-state index in [-0.39, 0.29) is 40.1 Å². The Kier molecular flexibility index (Phi) is 5.62. The van der Waals surface area contributed by atoms with Crippen molar-refractivity contribution in [3.05, 3.63) is 53.3 Å². The van der Waals surface area contributed by atoms with Crippen molar-refractivity contribution in [2.75, 3.05) is 0 Å². The van der Waals surface area contributed by atoms with E-state index in [1.165, 1.54) is 12.1 Å². The van der Waals surface area contributed by atoms with Gasteiger partial charge in [0.2, 0.25) is 0 Å². The topological polar surface area (TPSA) is 59.4 Å². The molecule has 1 heterocycles. The second kappa shape index (κ2) is 6.75. The van der Waals surface area contributed by atoms with Crippen LogP contribution in [0.5, 0.6) is 11.5 Å². The van der Waals surface area contributed by atoms with E-state index >= 15 is 0 Å². The first-order valence-electron chi connectivity index (χ1n) is 4.77. The molecule has 1 aromatic heterocycles. The van der Waals surface area contributed by atoms with Crippen LogP contribution in [0.25, 0.3) is 0 Å². The molecule has 2 aromatic rings. The molecule has 0 aliphatic heterocycles. The largest absolute Gasteiger partial charge is 0.478 e. The summed E-state index contributed by atoms with van der Waals surface area (Å²) in [6, 6.07) is 7.83. The third kappa shape index (κ3) is 3.71. The first kappa shape index (κ1) is 15.0. The van der Waals surface area contributed by atoms with Crippen molar-refractivity contribution >= 4 is 47.1 Å². The van der Waals surface area contributed by atoms with Gasteiger partial charge in [0.15, 0.2) is 0 Å². The molecule has 0 aliphatic carbocycles. The van der Waals surface area contributed by atoms with Crippen molar-refractivity contribution in [3.8, 4) is 11.5 Å². The first-order chi connectivity index (χ1) is 8.16. The summed E-state index contributed by atoms with van der Waals surface area (Å²) in [5.74, 6) is -0.0909. The predicted molar refractivity (Wildman–Crippen MR) is 68.5 cm³/mol. The second-order valence-corrected chi connectivity index (χ2v) is 3.64. The second-order valence-electron chi connectivity index (χ2n) is 3.23. The Morgan fingerprint density at radius 2 is 1.83 bits per heavy atom. The number of carbonyl (C=O) groups is 1. The molecule has 0 saturated heterocycles. The molecular formula is C12H8ClNNaO3. The molecule has 0 bridgehead atoms. The van der Waals surface area contributed by atoms with Gasteiger partial charge in [0.1, 0.15) is 11.5 Å². The van der Waals surface area contributed by atoms with E-state index in [1.807, 2.05) is 0 Å². The van der Waals surface area contributed by atoms with E-state index in [0.717, 1.165) is 0 Å². The van der Waals surface area contributed by atoms with Crippen LogP contribution in [-0.4, -0.2) is 45.6 Å². The van der Waals surface area contributed by atoms with E-state index in [0.29, 0.717) is 11.5 Å². The number of aromatic nitrogens is 1. The smallest absolute Gasteiger partial charge is 0.337 e. The van der Waals surface area contributed by atoms with Gasteiger partial charge >= 0.3 is 5.97 Å². The van der Waals surface area contributed by atoms with Crippen LogP contribution < -0.4 is 4.74 Å². The molecule has 0 fully saturated rings. The number of pyridine rings is 1. The van der Waals surface area contributed by atoms with Crippen molar-refractivity contribution < 1.29 is 14.6 Å². The number of carboxylic acids is 1. The number of hydrogen-bond acceptors (Lipinski definition) is 3. The number of aromatic carboxylic acids is 1. The van der Waals surface area contributed by atoms with E-state index in [4.69, 9.17) is 21.4 Å². The van der Waals surface area contributed by atoms with Crippen LogP contribution in [0.4, 0.5) is 0 Å². The molecule has 6 heteroatoms. The summed E-state index contributed by atoms with van der Waals surface area (Å²) in [6.07, 6.45) is 3.17. The maximum Gasteiger partial charge on any atom is 0.337 e. The zero-order chi connectivity index (χ0) is 12.3. The van der Waals surface area contributed by atoms with Gasteiger partial charge in [-0.2, -0.15) is 0 Å². The minimum absolute atomic E-state index is 0.